The van der Waals surface area contributed by atoms with Crippen LogP contribution in [-0.2, 0) is 6.42 Å². The van der Waals surface area contributed by atoms with E-state index in [1.54, 1.807) is 0 Å². The Bertz CT molecular complexity index is 796. The van der Waals surface area contributed by atoms with Gasteiger partial charge in [0.15, 0.2) is 0 Å². The maximum atomic E-state index is 2.32. The summed E-state index contributed by atoms with van der Waals surface area (Å²) in [5.74, 6) is 0. The normalized spacial score (nSPS) is 16.4. The topological polar surface area (TPSA) is 0 Å². The number of thiophene rings is 1. The van der Waals surface area contributed by atoms with E-state index in [1.807, 2.05) is 11.3 Å². The fourth-order valence-electron chi connectivity index (χ4n) is 3.37. The molecule has 114 valence electrons. The molecule has 3 rings (SSSR count). The van der Waals surface area contributed by atoms with Crippen molar-refractivity contribution < 1.29 is 0 Å². The Balaban J connectivity index is 2.22. The first-order chi connectivity index (χ1) is 10.6. The minimum atomic E-state index is 1.10. The molecule has 22 heavy (non-hydrogen) atoms. The largest absolute Gasteiger partial charge is 0.140 e. The van der Waals surface area contributed by atoms with Crippen LogP contribution >= 0.6 is 11.3 Å². The van der Waals surface area contributed by atoms with Crippen molar-refractivity contribution in [3.8, 4) is 0 Å². The van der Waals surface area contributed by atoms with Crippen LogP contribution in [0.25, 0.3) is 15.7 Å². The summed E-state index contributed by atoms with van der Waals surface area (Å²) in [4.78, 5) is 1.51. The Hall–Kier alpha value is -1.60. The van der Waals surface area contributed by atoms with Gasteiger partial charge in [-0.2, -0.15) is 0 Å². The van der Waals surface area contributed by atoms with E-state index in [0.717, 1.165) is 6.42 Å². The van der Waals surface area contributed by atoms with Gasteiger partial charge in [0.2, 0.25) is 0 Å². The zero-order valence-corrected chi connectivity index (χ0v) is 14.8. The highest BCUT2D eigenvalue weighted by molar-refractivity contribution is 7.19. The van der Waals surface area contributed by atoms with Crippen LogP contribution in [0, 0.1) is 0 Å². The van der Waals surface area contributed by atoms with Crippen molar-refractivity contribution in [1.29, 1.82) is 0 Å². The van der Waals surface area contributed by atoms with Crippen molar-refractivity contribution >= 4 is 27.0 Å². The number of allylic oxidation sites excluding steroid dienone is 6. The molecule has 1 aliphatic rings. The Labute approximate surface area is 137 Å². The predicted molar refractivity (Wildman–Crippen MR) is 101 cm³/mol. The first kappa shape index (κ1) is 15.3. The van der Waals surface area contributed by atoms with E-state index in [2.05, 4.69) is 64.1 Å². The lowest BCUT2D eigenvalue weighted by Crippen LogP contribution is -1.96. The first-order valence-electron chi connectivity index (χ1n) is 8.18. The van der Waals surface area contributed by atoms with Crippen molar-refractivity contribution in [1.82, 2.24) is 0 Å². The standard InChI is InChI=1S/C21H24S/c1-5-19-21(18-12-8-9-13-20(18)22-19)16(4)15(3)17-11-7-6-10-14(17)2/h7-9,11-13H,5-6,10H2,1-4H3/b16-15+. The Morgan fingerprint density at radius 2 is 1.91 bits per heavy atom. The molecule has 0 radical (unpaired) electrons. The van der Waals surface area contributed by atoms with Crippen molar-refractivity contribution in [2.75, 3.05) is 0 Å². The maximum absolute atomic E-state index is 2.32. The Morgan fingerprint density at radius 1 is 1.14 bits per heavy atom. The Kier molecular flexibility index (Phi) is 4.35. The van der Waals surface area contributed by atoms with Gasteiger partial charge in [0, 0.05) is 15.0 Å². The lowest BCUT2D eigenvalue weighted by molar-refractivity contribution is 0.942. The van der Waals surface area contributed by atoms with Crippen molar-refractivity contribution in [3.63, 3.8) is 0 Å². The maximum Gasteiger partial charge on any atom is 0.0352 e. The molecule has 0 fully saturated rings. The molecular formula is C21H24S. The molecule has 1 aliphatic carbocycles. The molecule has 0 saturated heterocycles. The summed E-state index contributed by atoms with van der Waals surface area (Å²) >= 11 is 1.95. The molecule has 2 aromatic rings. The molecule has 0 atom stereocenters. The van der Waals surface area contributed by atoms with Gasteiger partial charge in [0.25, 0.3) is 0 Å². The van der Waals surface area contributed by atoms with Gasteiger partial charge in [-0.1, -0.05) is 42.8 Å². The average molecular weight is 308 g/mol. The summed E-state index contributed by atoms with van der Waals surface area (Å²) in [6.07, 6.45) is 8.11. The van der Waals surface area contributed by atoms with Crippen LogP contribution in [-0.4, -0.2) is 0 Å². The van der Waals surface area contributed by atoms with E-state index in [4.69, 9.17) is 0 Å². The van der Waals surface area contributed by atoms with Crippen LogP contribution in [0.5, 0.6) is 0 Å². The van der Waals surface area contributed by atoms with Gasteiger partial charge in [-0.25, -0.2) is 0 Å². The third kappa shape index (κ3) is 2.59. The molecule has 0 nitrogen and oxygen atoms in total. The van der Waals surface area contributed by atoms with Crippen molar-refractivity contribution in [2.24, 2.45) is 0 Å². The quantitative estimate of drug-likeness (QED) is 0.577. The molecule has 0 unspecified atom stereocenters. The molecule has 1 heterocycles. The molecule has 0 aliphatic heterocycles. The van der Waals surface area contributed by atoms with Gasteiger partial charge in [0.05, 0.1) is 0 Å². The molecule has 1 heteroatoms. The fourth-order valence-corrected chi connectivity index (χ4v) is 4.57. The highest BCUT2D eigenvalue weighted by Gasteiger charge is 2.16. The molecular weight excluding hydrogens is 284 g/mol. The van der Waals surface area contributed by atoms with E-state index < -0.39 is 0 Å². The predicted octanol–water partition coefficient (Wildman–Crippen LogP) is 6.92. The zero-order valence-electron chi connectivity index (χ0n) is 14.0. The van der Waals surface area contributed by atoms with E-state index in [-0.39, 0.29) is 0 Å². The monoisotopic (exact) mass is 308 g/mol. The average Bonchev–Trinajstić information content (AvgIpc) is 2.92. The molecule has 0 bridgehead atoms. The van der Waals surface area contributed by atoms with Gasteiger partial charge in [-0.15, -0.1) is 11.3 Å². The van der Waals surface area contributed by atoms with Crippen molar-refractivity contribution in [3.05, 3.63) is 63.6 Å². The minimum Gasteiger partial charge on any atom is -0.140 e. The van der Waals surface area contributed by atoms with Gasteiger partial charge in [0.1, 0.15) is 0 Å². The lowest BCUT2D eigenvalue weighted by Gasteiger charge is -2.16. The van der Waals surface area contributed by atoms with E-state index in [9.17, 15) is 0 Å². The second-order valence-electron chi connectivity index (χ2n) is 6.14. The van der Waals surface area contributed by atoms with Crippen LogP contribution in [0.3, 0.4) is 0 Å². The third-order valence-corrected chi connectivity index (χ3v) is 6.08. The van der Waals surface area contributed by atoms with Crippen LogP contribution in [0.2, 0.25) is 0 Å². The summed E-state index contributed by atoms with van der Waals surface area (Å²) in [5, 5.41) is 1.42. The summed E-state index contributed by atoms with van der Waals surface area (Å²) in [6, 6.07) is 8.82. The van der Waals surface area contributed by atoms with Gasteiger partial charge in [-0.05, 0) is 68.4 Å². The molecule has 1 aromatic heterocycles. The second-order valence-corrected chi connectivity index (χ2v) is 7.27. The first-order valence-corrected chi connectivity index (χ1v) is 9.00. The zero-order chi connectivity index (χ0) is 15.7. The smallest absolute Gasteiger partial charge is 0.0352 e. The fraction of sp³-hybridized carbons (Fsp3) is 0.333. The summed E-state index contributed by atoms with van der Waals surface area (Å²) < 4.78 is 1.41. The van der Waals surface area contributed by atoms with Crippen LogP contribution in [0.15, 0.2) is 53.1 Å². The van der Waals surface area contributed by atoms with Crippen LogP contribution in [0.4, 0.5) is 0 Å². The summed E-state index contributed by atoms with van der Waals surface area (Å²) in [6.45, 7) is 9.13. The number of hydrogen-bond acceptors (Lipinski definition) is 1. The number of aryl methyl sites for hydroxylation is 1. The number of fused-ring (bicyclic) bond motifs is 1. The summed E-state index contributed by atoms with van der Waals surface area (Å²) in [7, 11) is 0. The Morgan fingerprint density at radius 3 is 2.64 bits per heavy atom. The van der Waals surface area contributed by atoms with Gasteiger partial charge in [-0.3, -0.25) is 0 Å². The van der Waals surface area contributed by atoms with E-state index >= 15 is 0 Å². The number of hydrogen-bond donors (Lipinski definition) is 0. The lowest BCUT2D eigenvalue weighted by atomic mass is 9.89. The molecule has 0 amide bonds. The number of rotatable bonds is 3. The third-order valence-electron chi connectivity index (χ3n) is 4.76. The number of benzene rings is 1. The van der Waals surface area contributed by atoms with E-state index in [1.165, 1.54) is 55.7 Å². The van der Waals surface area contributed by atoms with Gasteiger partial charge < -0.3 is 0 Å². The summed E-state index contributed by atoms with van der Waals surface area (Å²) in [5.41, 5.74) is 7.32. The highest BCUT2D eigenvalue weighted by atomic mass is 32.1. The SMILES string of the molecule is CCc1sc2ccccc2c1/C(C)=C(\C)C1=C(C)CCC=C1. The molecule has 0 saturated carbocycles. The van der Waals surface area contributed by atoms with Crippen molar-refractivity contribution in [2.45, 2.75) is 47.0 Å². The van der Waals surface area contributed by atoms with Crippen LogP contribution < -0.4 is 0 Å². The molecule has 1 aromatic carbocycles. The molecule has 0 spiro atoms. The van der Waals surface area contributed by atoms with Crippen LogP contribution in [0.1, 0.15) is 51.0 Å². The molecule has 0 N–H and O–H groups in total. The second kappa shape index (κ2) is 6.26. The highest BCUT2D eigenvalue weighted by Crippen LogP contribution is 2.39. The van der Waals surface area contributed by atoms with Gasteiger partial charge >= 0.3 is 0 Å². The minimum absolute atomic E-state index is 1.10. The van der Waals surface area contributed by atoms with E-state index in [0.29, 0.717) is 0 Å².